The number of terminal acetylenes is 1. The van der Waals surface area contributed by atoms with Crippen LogP contribution in [-0.4, -0.2) is 40.6 Å². The van der Waals surface area contributed by atoms with E-state index in [-0.39, 0.29) is 6.04 Å². The quantitative estimate of drug-likeness (QED) is 0.791. The van der Waals surface area contributed by atoms with Crippen molar-refractivity contribution in [2.24, 2.45) is 0 Å². The maximum atomic E-state index is 12.6. The van der Waals surface area contributed by atoms with E-state index in [1.54, 1.807) is 12.2 Å². The van der Waals surface area contributed by atoms with Gasteiger partial charge < -0.3 is 10.0 Å². The lowest BCUT2D eigenvalue weighted by molar-refractivity contribution is -0.137. The van der Waals surface area contributed by atoms with Crippen LogP contribution < -0.4 is 0 Å². The van der Waals surface area contributed by atoms with E-state index in [0.717, 1.165) is 17.7 Å². The fourth-order valence-corrected chi connectivity index (χ4v) is 2.62. The third-order valence-corrected chi connectivity index (χ3v) is 4.15. The Bertz CT molecular complexity index is 671. The molecule has 0 bridgehead atoms. The molecule has 1 aromatic rings. The molecule has 1 aliphatic rings. The summed E-state index contributed by atoms with van der Waals surface area (Å²) >= 11 is 0. The van der Waals surface area contributed by atoms with Crippen LogP contribution in [0, 0.1) is 12.3 Å². The average molecular weight is 350 g/mol. The lowest BCUT2D eigenvalue weighted by atomic mass is 10.1. The Morgan fingerprint density at radius 1 is 1.28 bits per heavy atom. The molecule has 0 amide bonds. The Kier molecular flexibility index (Phi) is 6.16. The van der Waals surface area contributed by atoms with Gasteiger partial charge in [-0.1, -0.05) is 18.1 Å². The highest BCUT2D eigenvalue weighted by Gasteiger charge is 2.30. The number of rotatable bonds is 6. The van der Waals surface area contributed by atoms with Gasteiger partial charge in [0.05, 0.1) is 18.2 Å². The Morgan fingerprint density at radius 2 is 1.96 bits per heavy atom. The highest BCUT2D eigenvalue weighted by Crippen LogP contribution is 2.29. The SMILES string of the molecule is C#CCN(CCN1C=CC=C(O)C1C)Cc1ccc(C(F)(F)F)cc1. The lowest BCUT2D eigenvalue weighted by Gasteiger charge is -2.31. The van der Waals surface area contributed by atoms with Crippen LogP contribution in [0.5, 0.6) is 0 Å². The second-order valence-corrected chi connectivity index (χ2v) is 5.96. The van der Waals surface area contributed by atoms with Crippen molar-refractivity contribution in [1.29, 1.82) is 0 Å². The van der Waals surface area contributed by atoms with Crippen LogP contribution in [0.25, 0.3) is 0 Å². The molecular weight excluding hydrogens is 329 g/mol. The van der Waals surface area contributed by atoms with Crippen molar-refractivity contribution in [2.45, 2.75) is 25.7 Å². The van der Waals surface area contributed by atoms with E-state index < -0.39 is 11.7 Å². The molecule has 2 rings (SSSR count). The summed E-state index contributed by atoms with van der Waals surface area (Å²) in [5, 5.41) is 9.77. The molecule has 1 aliphatic heterocycles. The molecule has 3 nitrogen and oxygen atoms in total. The molecule has 0 saturated carbocycles. The van der Waals surface area contributed by atoms with Crippen LogP contribution in [0.15, 0.2) is 48.4 Å². The third kappa shape index (κ3) is 5.30. The summed E-state index contributed by atoms with van der Waals surface area (Å²) in [7, 11) is 0. The number of hydrogen-bond acceptors (Lipinski definition) is 3. The van der Waals surface area contributed by atoms with E-state index >= 15 is 0 Å². The summed E-state index contributed by atoms with van der Waals surface area (Å²) in [6.07, 6.45) is 6.40. The molecule has 1 atom stereocenters. The minimum Gasteiger partial charge on any atom is -0.510 e. The van der Waals surface area contributed by atoms with E-state index in [4.69, 9.17) is 6.42 Å². The first-order valence-corrected chi connectivity index (χ1v) is 7.96. The van der Waals surface area contributed by atoms with E-state index in [1.165, 1.54) is 12.1 Å². The van der Waals surface area contributed by atoms with Crippen LogP contribution in [0.2, 0.25) is 0 Å². The number of allylic oxidation sites excluding steroid dienone is 2. The van der Waals surface area contributed by atoms with Crippen LogP contribution in [0.4, 0.5) is 13.2 Å². The number of nitrogens with zero attached hydrogens (tertiary/aromatic N) is 2. The minimum atomic E-state index is -4.33. The summed E-state index contributed by atoms with van der Waals surface area (Å²) in [5.74, 6) is 2.88. The predicted octanol–water partition coefficient (Wildman–Crippen LogP) is 3.80. The van der Waals surface area contributed by atoms with Gasteiger partial charge in [-0.15, -0.1) is 6.42 Å². The second kappa shape index (κ2) is 8.13. The Labute approximate surface area is 146 Å². The van der Waals surface area contributed by atoms with E-state index in [1.807, 2.05) is 22.9 Å². The summed E-state index contributed by atoms with van der Waals surface area (Å²) in [6, 6.07) is 5.02. The first-order valence-electron chi connectivity index (χ1n) is 7.96. The summed E-state index contributed by atoms with van der Waals surface area (Å²) in [6.45, 7) is 4.05. The fraction of sp³-hybridized carbons (Fsp3) is 0.368. The molecule has 1 heterocycles. The van der Waals surface area contributed by atoms with Gasteiger partial charge in [0.1, 0.15) is 5.76 Å². The molecular formula is C19H21F3N2O. The topological polar surface area (TPSA) is 26.7 Å². The largest absolute Gasteiger partial charge is 0.510 e. The van der Waals surface area contributed by atoms with Crippen LogP contribution in [-0.2, 0) is 12.7 Å². The summed E-state index contributed by atoms with van der Waals surface area (Å²) < 4.78 is 37.9. The van der Waals surface area contributed by atoms with Gasteiger partial charge in [0.25, 0.3) is 0 Å². The molecule has 0 spiro atoms. The van der Waals surface area contributed by atoms with Gasteiger partial charge in [-0.3, -0.25) is 4.90 Å². The number of aliphatic hydroxyl groups excluding tert-OH is 1. The molecule has 1 aromatic carbocycles. The molecule has 0 aliphatic carbocycles. The standard InChI is InChI=1S/C19H21F3N2O/c1-3-10-23(12-13-24-11-4-5-18(25)15(24)2)14-16-6-8-17(9-7-16)19(20,21)22/h1,4-9,11,15,25H,10,12-14H2,2H3. The second-order valence-electron chi connectivity index (χ2n) is 5.96. The van der Waals surface area contributed by atoms with Crippen molar-refractivity contribution in [2.75, 3.05) is 19.6 Å². The fourth-order valence-electron chi connectivity index (χ4n) is 2.62. The monoisotopic (exact) mass is 350 g/mol. The predicted molar refractivity (Wildman–Crippen MR) is 91.6 cm³/mol. The molecule has 0 radical (unpaired) electrons. The molecule has 6 heteroatoms. The smallest absolute Gasteiger partial charge is 0.416 e. The molecule has 1 N–H and O–H groups in total. The highest BCUT2D eigenvalue weighted by atomic mass is 19.4. The minimum absolute atomic E-state index is 0.108. The molecule has 25 heavy (non-hydrogen) atoms. The number of aliphatic hydroxyl groups is 1. The Morgan fingerprint density at radius 3 is 2.56 bits per heavy atom. The average Bonchev–Trinajstić information content (AvgIpc) is 2.56. The number of benzene rings is 1. The van der Waals surface area contributed by atoms with Crippen molar-refractivity contribution in [3.8, 4) is 12.3 Å². The van der Waals surface area contributed by atoms with Crippen molar-refractivity contribution in [1.82, 2.24) is 9.80 Å². The van der Waals surface area contributed by atoms with Gasteiger partial charge in [0.15, 0.2) is 0 Å². The van der Waals surface area contributed by atoms with E-state index in [9.17, 15) is 18.3 Å². The zero-order valence-corrected chi connectivity index (χ0v) is 14.0. The lowest BCUT2D eigenvalue weighted by Crippen LogP contribution is -2.38. The Balaban J connectivity index is 1.96. The molecule has 0 aromatic heterocycles. The summed E-state index contributed by atoms with van der Waals surface area (Å²) in [5.41, 5.74) is 0.113. The van der Waals surface area contributed by atoms with Crippen molar-refractivity contribution in [3.05, 3.63) is 59.5 Å². The molecule has 134 valence electrons. The number of alkyl halides is 3. The van der Waals surface area contributed by atoms with Crippen molar-refractivity contribution >= 4 is 0 Å². The van der Waals surface area contributed by atoms with E-state index in [2.05, 4.69) is 5.92 Å². The van der Waals surface area contributed by atoms with Gasteiger partial charge >= 0.3 is 6.18 Å². The van der Waals surface area contributed by atoms with Gasteiger partial charge in [-0.05, 0) is 43.0 Å². The van der Waals surface area contributed by atoms with Crippen LogP contribution in [0.3, 0.4) is 0 Å². The molecule has 0 saturated heterocycles. The summed E-state index contributed by atoms with van der Waals surface area (Å²) in [4.78, 5) is 3.98. The number of halogens is 3. The molecule has 0 fully saturated rings. The Hall–Kier alpha value is -2.39. The van der Waals surface area contributed by atoms with Gasteiger partial charge in [-0.2, -0.15) is 13.2 Å². The number of hydrogen-bond donors (Lipinski definition) is 1. The maximum absolute atomic E-state index is 12.6. The zero-order valence-electron chi connectivity index (χ0n) is 14.0. The van der Waals surface area contributed by atoms with Crippen molar-refractivity contribution in [3.63, 3.8) is 0 Å². The maximum Gasteiger partial charge on any atom is 0.416 e. The first-order chi connectivity index (χ1) is 11.8. The van der Waals surface area contributed by atoms with Crippen LogP contribution in [0.1, 0.15) is 18.1 Å². The van der Waals surface area contributed by atoms with Gasteiger partial charge in [0, 0.05) is 19.6 Å². The van der Waals surface area contributed by atoms with Crippen molar-refractivity contribution < 1.29 is 18.3 Å². The molecule has 1 unspecified atom stereocenters. The van der Waals surface area contributed by atoms with Gasteiger partial charge in [0.2, 0.25) is 0 Å². The normalized spacial score (nSPS) is 17.5. The highest BCUT2D eigenvalue weighted by molar-refractivity contribution is 5.24. The first kappa shape index (κ1) is 18.9. The van der Waals surface area contributed by atoms with Gasteiger partial charge in [-0.25, -0.2) is 0 Å². The third-order valence-electron chi connectivity index (χ3n) is 4.15. The van der Waals surface area contributed by atoms with E-state index in [0.29, 0.717) is 31.9 Å². The van der Waals surface area contributed by atoms with Crippen LogP contribution >= 0.6 is 0 Å². The zero-order chi connectivity index (χ0) is 18.4.